The molecule has 5 rings (SSSR count). The van der Waals surface area contributed by atoms with E-state index in [-0.39, 0.29) is 5.41 Å². The third kappa shape index (κ3) is 4.72. The maximum Gasteiger partial charge on any atom is 0.163 e. The van der Waals surface area contributed by atoms with Gasteiger partial charge in [-0.2, -0.15) is 0 Å². The quantitative estimate of drug-likeness (QED) is 0.243. The molecule has 1 fully saturated rings. The van der Waals surface area contributed by atoms with Crippen LogP contribution in [-0.4, -0.2) is 32.7 Å². The molecule has 0 N–H and O–H groups in total. The highest BCUT2D eigenvalue weighted by molar-refractivity contribution is 5.44. The van der Waals surface area contributed by atoms with Gasteiger partial charge in [0.2, 0.25) is 0 Å². The average molecular weight is 523 g/mol. The first kappa shape index (κ1) is 27.3. The fraction of sp³-hybridized carbons (Fsp3) is 0.314. The van der Waals surface area contributed by atoms with Gasteiger partial charge < -0.3 is 18.9 Å². The van der Waals surface area contributed by atoms with Crippen LogP contribution in [0.1, 0.15) is 43.0 Å². The van der Waals surface area contributed by atoms with E-state index in [4.69, 9.17) is 18.9 Å². The molecular formula is C35H38O4. The first-order valence-corrected chi connectivity index (χ1v) is 13.5. The Morgan fingerprint density at radius 3 is 0.923 bits per heavy atom. The highest BCUT2D eigenvalue weighted by Crippen LogP contribution is 2.52. The predicted molar refractivity (Wildman–Crippen MR) is 154 cm³/mol. The molecule has 39 heavy (non-hydrogen) atoms. The van der Waals surface area contributed by atoms with Crippen LogP contribution in [-0.2, 0) is 30.1 Å². The lowest BCUT2D eigenvalue weighted by molar-refractivity contribution is -0.161. The molecule has 1 aliphatic rings. The van der Waals surface area contributed by atoms with E-state index in [0.717, 1.165) is 22.3 Å². The lowest BCUT2D eigenvalue weighted by Crippen LogP contribution is -2.56. The van der Waals surface area contributed by atoms with E-state index < -0.39 is 29.7 Å². The number of hydrogen-bond acceptors (Lipinski definition) is 4. The minimum Gasteiger partial charge on any atom is -0.366 e. The molecule has 0 aromatic heterocycles. The maximum absolute atomic E-state index is 7.03. The summed E-state index contributed by atoms with van der Waals surface area (Å²) >= 11 is 0. The first-order chi connectivity index (χ1) is 18.9. The first-order valence-electron chi connectivity index (χ1n) is 13.5. The van der Waals surface area contributed by atoms with Gasteiger partial charge >= 0.3 is 0 Å². The van der Waals surface area contributed by atoms with E-state index >= 15 is 0 Å². The zero-order chi connectivity index (χ0) is 27.5. The van der Waals surface area contributed by atoms with Crippen molar-refractivity contribution in [2.24, 2.45) is 5.41 Å². The van der Waals surface area contributed by atoms with Gasteiger partial charge in [-0.05, 0) is 22.3 Å². The summed E-state index contributed by atoms with van der Waals surface area (Å²) in [6.45, 7) is 6.41. The van der Waals surface area contributed by atoms with E-state index in [1.807, 2.05) is 72.8 Å². The Morgan fingerprint density at radius 1 is 0.462 bits per heavy atom. The summed E-state index contributed by atoms with van der Waals surface area (Å²) in [5.41, 5.74) is 1.67. The second-order valence-corrected chi connectivity index (χ2v) is 11.2. The van der Waals surface area contributed by atoms with E-state index in [1.54, 1.807) is 14.2 Å². The largest absolute Gasteiger partial charge is 0.366 e. The van der Waals surface area contributed by atoms with Crippen molar-refractivity contribution in [3.05, 3.63) is 144 Å². The van der Waals surface area contributed by atoms with Crippen molar-refractivity contribution in [2.75, 3.05) is 14.2 Å². The minimum atomic E-state index is -0.986. The molecule has 0 unspecified atom stereocenters. The van der Waals surface area contributed by atoms with Gasteiger partial charge in [0, 0.05) is 19.6 Å². The van der Waals surface area contributed by atoms with Crippen LogP contribution in [0.4, 0.5) is 0 Å². The van der Waals surface area contributed by atoms with Crippen LogP contribution in [0, 0.1) is 5.41 Å². The summed E-state index contributed by atoms with van der Waals surface area (Å²) in [6.07, 6.45) is -1.65. The predicted octanol–water partition coefficient (Wildman–Crippen LogP) is 7.32. The zero-order valence-corrected chi connectivity index (χ0v) is 23.4. The van der Waals surface area contributed by atoms with Gasteiger partial charge in [0.25, 0.3) is 0 Å². The highest BCUT2D eigenvalue weighted by Gasteiger charge is 2.62. The summed E-state index contributed by atoms with van der Waals surface area (Å²) in [4.78, 5) is 0. The van der Waals surface area contributed by atoms with Crippen LogP contribution in [0.15, 0.2) is 121 Å². The molecule has 0 aliphatic carbocycles. The van der Waals surface area contributed by atoms with Crippen molar-refractivity contribution in [1.82, 2.24) is 0 Å². The van der Waals surface area contributed by atoms with Crippen molar-refractivity contribution in [3.63, 3.8) is 0 Å². The molecule has 1 heterocycles. The minimum absolute atomic E-state index is 0.299. The highest BCUT2D eigenvalue weighted by atomic mass is 16.8. The molecule has 0 radical (unpaired) electrons. The van der Waals surface area contributed by atoms with Gasteiger partial charge in [-0.1, -0.05) is 142 Å². The van der Waals surface area contributed by atoms with Gasteiger partial charge in [0.15, 0.2) is 6.29 Å². The second-order valence-electron chi connectivity index (χ2n) is 11.2. The fourth-order valence-corrected chi connectivity index (χ4v) is 5.90. The third-order valence-electron chi connectivity index (χ3n) is 7.78. The van der Waals surface area contributed by atoms with Crippen molar-refractivity contribution in [1.29, 1.82) is 0 Å². The fourth-order valence-electron chi connectivity index (χ4n) is 5.90. The Kier molecular flexibility index (Phi) is 7.75. The van der Waals surface area contributed by atoms with Crippen molar-refractivity contribution in [3.8, 4) is 0 Å². The van der Waals surface area contributed by atoms with Crippen LogP contribution in [0.25, 0.3) is 0 Å². The van der Waals surface area contributed by atoms with E-state index in [9.17, 15) is 0 Å². The Labute approximate surface area is 232 Å². The molecular weight excluding hydrogens is 484 g/mol. The van der Waals surface area contributed by atoms with Gasteiger partial charge in [0.1, 0.15) is 23.4 Å². The van der Waals surface area contributed by atoms with Crippen LogP contribution in [0.3, 0.4) is 0 Å². The average Bonchev–Trinajstić information content (AvgIpc) is 3.44. The van der Waals surface area contributed by atoms with Gasteiger partial charge in [-0.25, -0.2) is 0 Å². The lowest BCUT2D eigenvalue weighted by Gasteiger charge is -2.46. The molecule has 0 saturated carbocycles. The standard InChI is InChI=1S/C35H38O4/c1-33(2,3)32-38-30(34(36-4,26-18-10-6-11-19-26)27-20-12-7-13-21-27)31(39-32)35(37-5,28-22-14-8-15-23-28)29-24-16-9-17-25-29/h6-25,30-32H,1-5H3/t30-,31-/m1/s1. The lowest BCUT2D eigenvalue weighted by atomic mass is 9.71. The summed E-state index contributed by atoms with van der Waals surface area (Å²) in [5.74, 6) is 0. The summed E-state index contributed by atoms with van der Waals surface area (Å²) < 4.78 is 27.3. The summed E-state index contributed by atoms with van der Waals surface area (Å²) in [5, 5.41) is 0. The van der Waals surface area contributed by atoms with E-state index in [0.29, 0.717) is 0 Å². The number of ether oxygens (including phenoxy) is 4. The zero-order valence-electron chi connectivity index (χ0n) is 23.4. The molecule has 4 aromatic carbocycles. The maximum atomic E-state index is 7.03. The molecule has 4 nitrogen and oxygen atoms in total. The molecule has 2 atom stereocenters. The molecule has 0 bridgehead atoms. The Balaban J connectivity index is 1.82. The second kappa shape index (κ2) is 11.1. The Bertz CT molecular complexity index is 1140. The van der Waals surface area contributed by atoms with E-state index in [2.05, 4.69) is 69.3 Å². The SMILES string of the molecule is COC(c1ccccc1)(c1ccccc1)[C@@H]1OC(C(C)(C)C)O[C@H]1C(OC)(c1ccccc1)c1ccccc1. The monoisotopic (exact) mass is 522 g/mol. The smallest absolute Gasteiger partial charge is 0.163 e. The Morgan fingerprint density at radius 2 is 0.718 bits per heavy atom. The number of hydrogen-bond donors (Lipinski definition) is 0. The molecule has 4 aromatic rings. The van der Waals surface area contributed by atoms with Crippen LogP contribution in [0.2, 0.25) is 0 Å². The molecule has 4 heteroatoms. The van der Waals surface area contributed by atoms with Gasteiger partial charge in [0.05, 0.1) is 0 Å². The van der Waals surface area contributed by atoms with Gasteiger partial charge in [-0.15, -0.1) is 0 Å². The summed E-state index contributed by atoms with van der Waals surface area (Å²) in [7, 11) is 3.51. The van der Waals surface area contributed by atoms with Crippen molar-refractivity contribution >= 4 is 0 Å². The van der Waals surface area contributed by atoms with Crippen molar-refractivity contribution in [2.45, 2.75) is 50.5 Å². The summed E-state index contributed by atoms with van der Waals surface area (Å²) in [6, 6.07) is 41.2. The van der Waals surface area contributed by atoms with Crippen LogP contribution in [0.5, 0.6) is 0 Å². The van der Waals surface area contributed by atoms with Crippen LogP contribution >= 0.6 is 0 Å². The number of benzene rings is 4. The molecule has 1 saturated heterocycles. The topological polar surface area (TPSA) is 36.9 Å². The number of methoxy groups -OCH3 is 2. The molecule has 1 aliphatic heterocycles. The van der Waals surface area contributed by atoms with Gasteiger partial charge in [-0.3, -0.25) is 0 Å². The third-order valence-corrected chi connectivity index (χ3v) is 7.78. The molecule has 202 valence electrons. The molecule has 0 amide bonds. The number of rotatable bonds is 8. The van der Waals surface area contributed by atoms with Crippen LogP contribution < -0.4 is 0 Å². The van der Waals surface area contributed by atoms with E-state index in [1.165, 1.54) is 0 Å². The normalized spacial score (nSPS) is 18.8. The Hall–Kier alpha value is -3.28. The molecule has 0 spiro atoms. The van der Waals surface area contributed by atoms with Crippen molar-refractivity contribution < 1.29 is 18.9 Å².